The van der Waals surface area contributed by atoms with Crippen LogP contribution in [0.15, 0.2) is 66.3 Å². The maximum atomic E-state index is 12.9. The third-order valence-corrected chi connectivity index (χ3v) is 5.92. The standard InChI is InChI=1S/C24H24F3N5O3S/c1-4-12-32-21(15(2)28-22(34)16-8-10-19(35-3)11-9-16)30-31-23(32)36-14-20(33)29-18-7-5-6-17(13-18)24(25,26)27/h4-11,13,15H,1,12,14H2,2-3H3,(H,28,34)(H,29,33)/t15-/m1/s1. The minimum atomic E-state index is -4.51. The lowest BCUT2D eigenvalue weighted by atomic mass is 10.2. The molecule has 0 unspecified atom stereocenters. The molecule has 3 rings (SSSR count). The third-order valence-electron chi connectivity index (χ3n) is 4.95. The number of alkyl halides is 3. The summed E-state index contributed by atoms with van der Waals surface area (Å²) in [7, 11) is 1.54. The van der Waals surface area contributed by atoms with Gasteiger partial charge in [-0.05, 0) is 49.4 Å². The predicted molar refractivity (Wildman–Crippen MR) is 130 cm³/mol. The zero-order chi connectivity index (χ0) is 26.3. The number of nitrogens with zero attached hydrogens (tertiary/aromatic N) is 3. The molecule has 2 amide bonds. The molecule has 0 radical (unpaired) electrons. The van der Waals surface area contributed by atoms with Crippen molar-refractivity contribution < 1.29 is 27.5 Å². The average molecular weight is 520 g/mol. The second kappa shape index (κ2) is 11.8. The molecule has 1 heterocycles. The van der Waals surface area contributed by atoms with Crippen LogP contribution < -0.4 is 15.4 Å². The summed E-state index contributed by atoms with van der Waals surface area (Å²) in [6.07, 6.45) is -2.88. The quantitative estimate of drug-likeness (QED) is 0.297. The lowest BCUT2D eigenvalue weighted by Gasteiger charge is -2.15. The maximum Gasteiger partial charge on any atom is 0.416 e. The molecule has 3 aromatic rings. The van der Waals surface area contributed by atoms with Crippen LogP contribution in [0.3, 0.4) is 0 Å². The number of carbonyl (C=O) groups is 2. The number of aromatic nitrogens is 3. The van der Waals surface area contributed by atoms with Gasteiger partial charge in [0.1, 0.15) is 5.75 Å². The Balaban J connectivity index is 1.65. The summed E-state index contributed by atoms with van der Waals surface area (Å²) in [5.74, 6) is 0.155. The summed E-state index contributed by atoms with van der Waals surface area (Å²) in [5.41, 5.74) is -0.370. The number of ether oxygens (including phenoxy) is 1. The molecule has 0 saturated heterocycles. The Hall–Kier alpha value is -3.80. The lowest BCUT2D eigenvalue weighted by molar-refractivity contribution is -0.137. The van der Waals surface area contributed by atoms with E-state index in [9.17, 15) is 22.8 Å². The Morgan fingerprint density at radius 2 is 1.92 bits per heavy atom. The van der Waals surface area contributed by atoms with E-state index in [2.05, 4.69) is 27.4 Å². The SMILES string of the molecule is C=CCn1c(SCC(=O)Nc2cccc(C(F)(F)F)c2)nnc1[C@@H](C)NC(=O)c1ccc(OC)cc1. The largest absolute Gasteiger partial charge is 0.497 e. The van der Waals surface area contributed by atoms with E-state index < -0.39 is 23.7 Å². The van der Waals surface area contributed by atoms with Crippen molar-refractivity contribution >= 4 is 29.3 Å². The molecule has 12 heteroatoms. The predicted octanol–water partition coefficient (Wildman–Crippen LogP) is 4.71. The highest BCUT2D eigenvalue weighted by molar-refractivity contribution is 7.99. The molecule has 190 valence electrons. The topological polar surface area (TPSA) is 98.1 Å². The minimum absolute atomic E-state index is 0.0403. The first kappa shape index (κ1) is 26.8. The van der Waals surface area contributed by atoms with Crippen LogP contribution in [0.4, 0.5) is 18.9 Å². The van der Waals surface area contributed by atoms with Crippen molar-refractivity contribution in [1.29, 1.82) is 0 Å². The summed E-state index contributed by atoms with van der Waals surface area (Å²) in [6, 6.07) is 10.5. The van der Waals surface area contributed by atoms with E-state index in [4.69, 9.17) is 4.74 Å². The number of hydrogen-bond acceptors (Lipinski definition) is 6. The second-order valence-corrected chi connectivity index (χ2v) is 8.52. The van der Waals surface area contributed by atoms with E-state index >= 15 is 0 Å². The van der Waals surface area contributed by atoms with E-state index in [-0.39, 0.29) is 17.3 Å². The fourth-order valence-electron chi connectivity index (χ4n) is 3.22. The number of thioether (sulfide) groups is 1. The van der Waals surface area contributed by atoms with Crippen molar-refractivity contribution in [3.8, 4) is 5.75 Å². The first-order valence-electron chi connectivity index (χ1n) is 10.7. The van der Waals surface area contributed by atoms with E-state index in [1.807, 2.05) is 0 Å². The van der Waals surface area contributed by atoms with Crippen LogP contribution >= 0.6 is 11.8 Å². The molecule has 1 aromatic heterocycles. The van der Waals surface area contributed by atoms with Crippen molar-refractivity contribution in [2.75, 3.05) is 18.2 Å². The van der Waals surface area contributed by atoms with Crippen LogP contribution in [-0.2, 0) is 17.5 Å². The molecule has 2 aromatic carbocycles. The van der Waals surface area contributed by atoms with Crippen LogP contribution in [0, 0.1) is 0 Å². The summed E-state index contributed by atoms with van der Waals surface area (Å²) in [5, 5.41) is 14.0. The number of rotatable bonds is 10. The van der Waals surface area contributed by atoms with Crippen LogP contribution in [0.5, 0.6) is 5.75 Å². The zero-order valence-electron chi connectivity index (χ0n) is 19.5. The Morgan fingerprint density at radius 3 is 2.56 bits per heavy atom. The van der Waals surface area contributed by atoms with Gasteiger partial charge in [0.2, 0.25) is 5.91 Å². The number of nitrogens with one attached hydrogen (secondary N) is 2. The number of hydrogen-bond donors (Lipinski definition) is 2. The average Bonchev–Trinajstić information content (AvgIpc) is 3.25. The monoisotopic (exact) mass is 519 g/mol. The Kier molecular flexibility index (Phi) is 8.75. The molecule has 0 fully saturated rings. The molecule has 0 spiro atoms. The first-order chi connectivity index (χ1) is 17.1. The number of anilines is 1. The minimum Gasteiger partial charge on any atom is -0.497 e. The third kappa shape index (κ3) is 6.87. The molecule has 2 N–H and O–H groups in total. The van der Waals surface area contributed by atoms with Gasteiger partial charge in [-0.2, -0.15) is 13.2 Å². The van der Waals surface area contributed by atoms with Crippen LogP contribution in [0.2, 0.25) is 0 Å². The van der Waals surface area contributed by atoms with E-state index in [0.717, 1.165) is 23.9 Å². The van der Waals surface area contributed by atoms with Crippen LogP contribution in [0.25, 0.3) is 0 Å². The van der Waals surface area contributed by atoms with Gasteiger partial charge in [-0.1, -0.05) is 23.9 Å². The van der Waals surface area contributed by atoms with Crippen molar-refractivity contribution in [1.82, 2.24) is 20.1 Å². The van der Waals surface area contributed by atoms with Crippen molar-refractivity contribution in [3.63, 3.8) is 0 Å². The summed E-state index contributed by atoms with van der Waals surface area (Å²) in [6.45, 7) is 5.80. The van der Waals surface area contributed by atoms with Crippen molar-refractivity contribution in [3.05, 3.63) is 78.1 Å². The number of halogens is 3. The van der Waals surface area contributed by atoms with Gasteiger partial charge < -0.3 is 19.9 Å². The lowest BCUT2D eigenvalue weighted by Crippen LogP contribution is -2.28. The molecular formula is C24H24F3N5O3S. The molecule has 8 nitrogen and oxygen atoms in total. The highest BCUT2D eigenvalue weighted by Gasteiger charge is 2.30. The fraction of sp³-hybridized carbons (Fsp3) is 0.250. The summed E-state index contributed by atoms with van der Waals surface area (Å²) in [4.78, 5) is 25.0. The Labute approximate surface area is 209 Å². The number of allylic oxidation sites excluding steroid dienone is 1. The van der Waals surface area contributed by atoms with Gasteiger partial charge in [0.15, 0.2) is 11.0 Å². The van der Waals surface area contributed by atoms with Gasteiger partial charge in [0, 0.05) is 17.8 Å². The van der Waals surface area contributed by atoms with Gasteiger partial charge in [-0.15, -0.1) is 16.8 Å². The normalized spacial score (nSPS) is 12.0. The second-order valence-electron chi connectivity index (χ2n) is 7.58. The van der Waals surface area contributed by atoms with Crippen molar-refractivity contribution in [2.45, 2.75) is 30.8 Å². The fourth-order valence-corrected chi connectivity index (χ4v) is 3.97. The molecule has 0 saturated carbocycles. The molecule has 0 bridgehead atoms. The van der Waals surface area contributed by atoms with E-state index in [1.54, 1.807) is 41.8 Å². The maximum absolute atomic E-state index is 12.9. The molecule has 0 aliphatic carbocycles. The number of benzene rings is 2. The Morgan fingerprint density at radius 1 is 1.19 bits per heavy atom. The highest BCUT2D eigenvalue weighted by Crippen LogP contribution is 2.30. The highest BCUT2D eigenvalue weighted by atomic mass is 32.2. The van der Waals surface area contributed by atoms with Gasteiger partial charge >= 0.3 is 6.18 Å². The Bertz CT molecular complexity index is 1230. The van der Waals surface area contributed by atoms with Crippen LogP contribution in [-0.4, -0.2) is 39.4 Å². The van der Waals surface area contributed by atoms with Crippen molar-refractivity contribution in [2.24, 2.45) is 0 Å². The van der Waals surface area contributed by atoms with E-state index in [1.165, 1.54) is 19.2 Å². The summed E-state index contributed by atoms with van der Waals surface area (Å²) >= 11 is 1.06. The summed E-state index contributed by atoms with van der Waals surface area (Å²) < 4.78 is 45.5. The van der Waals surface area contributed by atoms with Gasteiger partial charge in [0.25, 0.3) is 5.91 Å². The molecule has 1 atom stereocenters. The molecule has 0 aliphatic rings. The zero-order valence-corrected chi connectivity index (χ0v) is 20.3. The smallest absolute Gasteiger partial charge is 0.416 e. The molecular weight excluding hydrogens is 495 g/mol. The number of amides is 2. The van der Waals surface area contributed by atoms with Gasteiger partial charge in [0.05, 0.1) is 24.5 Å². The van der Waals surface area contributed by atoms with Gasteiger partial charge in [-0.3, -0.25) is 9.59 Å². The van der Waals surface area contributed by atoms with Gasteiger partial charge in [-0.25, -0.2) is 0 Å². The van der Waals surface area contributed by atoms with Crippen LogP contribution in [0.1, 0.15) is 34.7 Å². The van der Waals surface area contributed by atoms with E-state index in [0.29, 0.717) is 28.8 Å². The number of methoxy groups -OCH3 is 1. The first-order valence-corrected chi connectivity index (χ1v) is 11.7. The molecule has 36 heavy (non-hydrogen) atoms. The number of carbonyl (C=O) groups excluding carboxylic acids is 2. The molecule has 0 aliphatic heterocycles.